The van der Waals surface area contributed by atoms with E-state index in [1.54, 1.807) is 11.8 Å². The summed E-state index contributed by atoms with van der Waals surface area (Å²) in [5, 5.41) is 0.592. The Balaban J connectivity index is 1.60. The van der Waals surface area contributed by atoms with Crippen molar-refractivity contribution >= 4 is 40.9 Å². The van der Waals surface area contributed by atoms with E-state index >= 15 is 0 Å². The van der Waals surface area contributed by atoms with Gasteiger partial charge >= 0.3 is 0 Å². The number of nitrogens with zero attached hydrogens (tertiary/aromatic N) is 2. The Kier molecular flexibility index (Phi) is 4.21. The van der Waals surface area contributed by atoms with E-state index in [0.29, 0.717) is 18.1 Å². The van der Waals surface area contributed by atoms with Crippen LogP contribution < -0.4 is 4.90 Å². The SMILES string of the molecule is Cc1cccc(CN2C(=O)C3(SCCN3C(=O)C3CC3)c3cc(Cl)ccc32)c1. The van der Waals surface area contributed by atoms with Gasteiger partial charge in [0.1, 0.15) is 0 Å². The molecule has 6 heteroatoms. The van der Waals surface area contributed by atoms with E-state index in [9.17, 15) is 9.59 Å². The first-order chi connectivity index (χ1) is 13.5. The summed E-state index contributed by atoms with van der Waals surface area (Å²) in [6.07, 6.45) is 1.86. The molecule has 0 radical (unpaired) electrons. The van der Waals surface area contributed by atoms with Gasteiger partial charge in [0.25, 0.3) is 5.91 Å². The summed E-state index contributed by atoms with van der Waals surface area (Å²) in [6, 6.07) is 13.8. The number of fused-ring (bicyclic) bond motifs is 2. The van der Waals surface area contributed by atoms with E-state index in [0.717, 1.165) is 41.0 Å². The van der Waals surface area contributed by atoms with E-state index in [4.69, 9.17) is 11.6 Å². The molecule has 144 valence electrons. The van der Waals surface area contributed by atoms with Crippen molar-refractivity contribution < 1.29 is 9.59 Å². The first-order valence-corrected chi connectivity index (χ1v) is 11.0. The number of hydrogen-bond donors (Lipinski definition) is 0. The van der Waals surface area contributed by atoms with Gasteiger partial charge in [0, 0.05) is 28.8 Å². The molecule has 4 nitrogen and oxygen atoms in total. The maximum absolute atomic E-state index is 13.8. The topological polar surface area (TPSA) is 40.6 Å². The molecule has 1 unspecified atom stereocenters. The molecule has 28 heavy (non-hydrogen) atoms. The third kappa shape index (κ3) is 2.67. The molecule has 1 spiro atoms. The molecule has 1 saturated heterocycles. The van der Waals surface area contributed by atoms with Crippen molar-refractivity contribution in [3.05, 3.63) is 64.2 Å². The van der Waals surface area contributed by atoms with Gasteiger partial charge in [-0.25, -0.2) is 0 Å². The van der Waals surface area contributed by atoms with Crippen molar-refractivity contribution in [2.24, 2.45) is 5.92 Å². The Labute approximate surface area is 173 Å². The second-order valence-corrected chi connectivity index (χ2v) is 9.52. The molecule has 1 aliphatic carbocycles. The molecule has 2 aromatic rings. The third-order valence-electron chi connectivity index (χ3n) is 5.77. The lowest BCUT2D eigenvalue weighted by Gasteiger charge is -2.33. The van der Waals surface area contributed by atoms with E-state index in [1.165, 1.54) is 0 Å². The molecule has 0 aromatic heterocycles. The normalized spacial score (nSPS) is 23.6. The summed E-state index contributed by atoms with van der Waals surface area (Å²) in [5.74, 6) is 0.926. The van der Waals surface area contributed by atoms with Crippen molar-refractivity contribution in [3.8, 4) is 0 Å². The van der Waals surface area contributed by atoms with E-state index in [1.807, 2.05) is 53.1 Å². The monoisotopic (exact) mass is 412 g/mol. The summed E-state index contributed by atoms with van der Waals surface area (Å²) in [7, 11) is 0. The maximum atomic E-state index is 13.8. The van der Waals surface area contributed by atoms with Crippen molar-refractivity contribution in [1.29, 1.82) is 0 Å². The molecule has 2 aromatic carbocycles. The molecule has 0 N–H and O–H groups in total. The van der Waals surface area contributed by atoms with Crippen LogP contribution in [-0.2, 0) is 21.0 Å². The van der Waals surface area contributed by atoms with E-state index < -0.39 is 4.87 Å². The van der Waals surface area contributed by atoms with Crippen molar-refractivity contribution in [2.75, 3.05) is 17.2 Å². The predicted octanol–water partition coefficient (Wildman–Crippen LogP) is 4.33. The van der Waals surface area contributed by atoms with Gasteiger partial charge in [0.15, 0.2) is 4.87 Å². The number of carbonyl (C=O) groups is 2. The lowest BCUT2D eigenvalue weighted by atomic mass is 10.1. The van der Waals surface area contributed by atoms with Crippen molar-refractivity contribution in [3.63, 3.8) is 0 Å². The molecule has 2 aliphatic heterocycles. The van der Waals surface area contributed by atoms with Gasteiger partial charge in [-0.1, -0.05) is 41.4 Å². The molecule has 0 bridgehead atoms. The fourth-order valence-electron chi connectivity index (χ4n) is 4.31. The molecule has 5 rings (SSSR count). The fourth-order valence-corrected chi connectivity index (χ4v) is 5.94. The minimum Gasteiger partial charge on any atom is -0.315 e. The number of anilines is 1. The Morgan fingerprint density at radius 3 is 2.82 bits per heavy atom. The number of thioether (sulfide) groups is 1. The van der Waals surface area contributed by atoms with Gasteiger partial charge < -0.3 is 9.80 Å². The lowest BCUT2D eigenvalue weighted by molar-refractivity contribution is -0.141. The molecular formula is C22H21ClN2O2S. The summed E-state index contributed by atoms with van der Waals surface area (Å²) in [5.41, 5.74) is 3.96. The molecule has 2 heterocycles. The first kappa shape index (κ1) is 18.1. The van der Waals surface area contributed by atoms with Gasteiger partial charge in [-0.15, -0.1) is 11.8 Å². The Hall–Kier alpha value is -1.98. The highest BCUT2D eigenvalue weighted by molar-refractivity contribution is 8.01. The van der Waals surface area contributed by atoms with Crippen LogP contribution in [0.5, 0.6) is 0 Å². The zero-order chi connectivity index (χ0) is 19.5. The molecule has 2 fully saturated rings. The number of amides is 2. The van der Waals surface area contributed by atoms with Gasteiger partial charge in [0.05, 0.1) is 12.2 Å². The average molecular weight is 413 g/mol. The largest absolute Gasteiger partial charge is 0.315 e. The van der Waals surface area contributed by atoms with Gasteiger partial charge in [-0.3, -0.25) is 9.59 Å². The summed E-state index contributed by atoms with van der Waals surface area (Å²) in [6.45, 7) is 3.15. The quantitative estimate of drug-likeness (QED) is 0.753. The van der Waals surface area contributed by atoms with E-state index in [2.05, 4.69) is 6.07 Å². The highest BCUT2D eigenvalue weighted by Gasteiger charge is 2.60. The zero-order valence-corrected chi connectivity index (χ0v) is 17.2. The summed E-state index contributed by atoms with van der Waals surface area (Å²) >= 11 is 7.89. The van der Waals surface area contributed by atoms with Crippen molar-refractivity contribution in [1.82, 2.24) is 4.90 Å². The van der Waals surface area contributed by atoms with Crippen molar-refractivity contribution in [2.45, 2.75) is 31.2 Å². The number of halogens is 1. The highest BCUT2D eigenvalue weighted by atomic mass is 35.5. The van der Waals surface area contributed by atoms with Crippen LogP contribution in [-0.4, -0.2) is 29.0 Å². The smallest absolute Gasteiger partial charge is 0.268 e. The third-order valence-corrected chi connectivity index (χ3v) is 7.43. The standard InChI is InChI=1S/C22H21ClN2O2S/c1-14-3-2-4-15(11-14)13-24-19-8-7-17(23)12-18(19)22(21(24)27)25(9-10-28-22)20(26)16-5-6-16/h2-4,7-8,11-12,16H,5-6,9-10,13H2,1H3. The minimum atomic E-state index is -0.969. The number of carbonyl (C=O) groups excluding carboxylic acids is 2. The zero-order valence-electron chi connectivity index (χ0n) is 15.7. The number of aryl methyl sites for hydroxylation is 1. The van der Waals surface area contributed by atoms with Crippen LogP contribution in [0.2, 0.25) is 5.02 Å². The second-order valence-electron chi connectivity index (χ2n) is 7.80. The number of hydrogen-bond acceptors (Lipinski definition) is 3. The van der Waals surface area contributed by atoms with Crippen LogP contribution in [0.25, 0.3) is 0 Å². The summed E-state index contributed by atoms with van der Waals surface area (Å²) in [4.78, 5) is 29.5. The molecule has 2 amide bonds. The lowest BCUT2D eigenvalue weighted by Crippen LogP contribution is -2.50. The average Bonchev–Trinajstić information content (AvgIpc) is 3.39. The Bertz CT molecular complexity index is 990. The molecule has 3 aliphatic rings. The predicted molar refractivity (Wildman–Crippen MR) is 112 cm³/mol. The van der Waals surface area contributed by atoms with Crippen LogP contribution in [0.15, 0.2) is 42.5 Å². The summed E-state index contributed by atoms with van der Waals surface area (Å²) < 4.78 is 0. The number of benzene rings is 2. The number of rotatable bonds is 3. The molecule has 1 atom stereocenters. The highest BCUT2D eigenvalue weighted by Crippen LogP contribution is 2.56. The van der Waals surface area contributed by atoms with Gasteiger partial charge in [0.2, 0.25) is 5.91 Å². The first-order valence-electron chi connectivity index (χ1n) is 9.64. The van der Waals surface area contributed by atoms with E-state index in [-0.39, 0.29) is 17.7 Å². The van der Waals surface area contributed by atoms with Crippen LogP contribution in [0.4, 0.5) is 5.69 Å². The van der Waals surface area contributed by atoms with Crippen LogP contribution in [0.1, 0.15) is 29.5 Å². The fraction of sp³-hybridized carbons (Fsp3) is 0.364. The molecular weight excluding hydrogens is 392 g/mol. The van der Waals surface area contributed by atoms with Gasteiger partial charge in [-0.2, -0.15) is 0 Å². The van der Waals surface area contributed by atoms with Crippen LogP contribution >= 0.6 is 23.4 Å². The van der Waals surface area contributed by atoms with Crippen LogP contribution in [0, 0.1) is 12.8 Å². The van der Waals surface area contributed by atoms with Crippen LogP contribution in [0.3, 0.4) is 0 Å². The minimum absolute atomic E-state index is 0.0252. The Morgan fingerprint density at radius 2 is 2.07 bits per heavy atom. The second kappa shape index (κ2) is 6.53. The van der Waals surface area contributed by atoms with Gasteiger partial charge in [-0.05, 0) is 43.5 Å². The maximum Gasteiger partial charge on any atom is 0.268 e. The Morgan fingerprint density at radius 1 is 1.25 bits per heavy atom. The molecule has 1 saturated carbocycles.